The minimum Gasteiger partial charge on any atom is -0.376 e. The van der Waals surface area contributed by atoms with E-state index in [4.69, 9.17) is 4.74 Å². The number of H-pyrrole nitrogens is 1. The summed E-state index contributed by atoms with van der Waals surface area (Å²) in [5.74, 6) is 0.0349. The van der Waals surface area contributed by atoms with E-state index in [0.29, 0.717) is 13.0 Å². The third kappa shape index (κ3) is 2.97. The lowest BCUT2D eigenvalue weighted by Crippen LogP contribution is -2.63. The molecule has 3 atom stereocenters. The van der Waals surface area contributed by atoms with Crippen LogP contribution in [0.15, 0.2) is 54.6 Å². The number of fused-ring (bicyclic) bond motifs is 4. The van der Waals surface area contributed by atoms with E-state index in [0.717, 1.165) is 47.2 Å². The van der Waals surface area contributed by atoms with Crippen molar-refractivity contribution in [3.63, 3.8) is 0 Å². The van der Waals surface area contributed by atoms with Gasteiger partial charge in [-0.05, 0) is 30.0 Å². The topological polar surface area (TPSA) is 65.6 Å². The predicted molar refractivity (Wildman–Crippen MR) is 116 cm³/mol. The number of carbonyl (C=O) groups excluding carboxylic acids is 2. The van der Waals surface area contributed by atoms with Crippen molar-refractivity contribution in [1.82, 2.24) is 14.8 Å². The highest BCUT2D eigenvalue weighted by Crippen LogP contribution is 2.42. The molecular weight excluding hydrogens is 390 g/mol. The summed E-state index contributed by atoms with van der Waals surface area (Å²) in [6.45, 7) is 1.37. The van der Waals surface area contributed by atoms with E-state index in [-0.39, 0.29) is 30.5 Å². The summed E-state index contributed by atoms with van der Waals surface area (Å²) in [6, 6.07) is 17.4. The maximum absolute atomic E-state index is 13.6. The van der Waals surface area contributed by atoms with Crippen LogP contribution < -0.4 is 0 Å². The van der Waals surface area contributed by atoms with Crippen molar-refractivity contribution in [2.75, 3.05) is 19.7 Å². The van der Waals surface area contributed by atoms with Crippen LogP contribution in [0.25, 0.3) is 10.9 Å². The van der Waals surface area contributed by atoms with Crippen molar-refractivity contribution >= 4 is 22.7 Å². The highest BCUT2D eigenvalue weighted by molar-refractivity contribution is 5.97. The van der Waals surface area contributed by atoms with Gasteiger partial charge in [0, 0.05) is 36.2 Å². The van der Waals surface area contributed by atoms with Crippen molar-refractivity contribution in [3.05, 3.63) is 71.4 Å². The maximum Gasteiger partial charge on any atom is 0.246 e. The molecule has 3 aromatic rings. The van der Waals surface area contributed by atoms with E-state index in [1.165, 1.54) is 0 Å². The van der Waals surface area contributed by atoms with Gasteiger partial charge in [-0.1, -0.05) is 48.5 Å². The van der Waals surface area contributed by atoms with Crippen LogP contribution >= 0.6 is 0 Å². The molecule has 2 amide bonds. The molecule has 3 aliphatic rings. The van der Waals surface area contributed by atoms with E-state index < -0.39 is 6.04 Å². The van der Waals surface area contributed by atoms with Crippen LogP contribution in [0.1, 0.15) is 35.7 Å². The summed E-state index contributed by atoms with van der Waals surface area (Å²) < 4.78 is 5.74. The fourth-order valence-corrected chi connectivity index (χ4v) is 5.49. The molecule has 158 valence electrons. The molecule has 2 saturated heterocycles. The highest BCUT2D eigenvalue weighted by atomic mass is 16.5. The number of carbonyl (C=O) groups is 2. The number of hydrogen-bond donors (Lipinski definition) is 1. The van der Waals surface area contributed by atoms with Gasteiger partial charge in [0.05, 0.1) is 18.7 Å². The monoisotopic (exact) mass is 415 g/mol. The molecule has 4 heterocycles. The standard InChI is InChI=1S/C25H25N3O3/c29-22-15-27(14-17-9-6-12-31-17)25(30)21-13-19-18-10-4-5-11-20(18)26-23(19)24(28(21)22)16-7-2-1-3-8-16/h1-5,7-8,10-11,17,21,24,26H,6,9,12-15H2/t17-,21-,24-/m0/s1. The molecule has 3 aliphatic heterocycles. The molecule has 0 saturated carbocycles. The number of aromatic nitrogens is 1. The quantitative estimate of drug-likeness (QED) is 0.715. The normalized spacial score (nSPS) is 25.7. The van der Waals surface area contributed by atoms with Crippen LogP contribution in [0.5, 0.6) is 0 Å². The summed E-state index contributed by atoms with van der Waals surface area (Å²) >= 11 is 0. The third-order valence-electron chi connectivity index (χ3n) is 6.91. The average molecular weight is 415 g/mol. The van der Waals surface area contributed by atoms with Crippen LogP contribution in [-0.2, 0) is 20.7 Å². The van der Waals surface area contributed by atoms with Crippen molar-refractivity contribution in [2.45, 2.75) is 37.5 Å². The SMILES string of the molecule is O=C1[C@@H]2Cc3c([nH]c4ccccc34)[C@H](c3ccccc3)N2C(=O)CN1C[C@@H]1CCCO1. The molecule has 6 heteroatoms. The van der Waals surface area contributed by atoms with Gasteiger partial charge < -0.3 is 19.5 Å². The van der Waals surface area contributed by atoms with E-state index in [1.807, 2.05) is 47.4 Å². The van der Waals surface area contributed by atoms with Gasteiger partial charge in [-0.3, -0.25) is 9.59 Å². The van der Waals surface area contributed by atoms with Gasteiger partial charge in [-0.15, -0.1) is 0 Å². The zero-order chi connectivity index (χ0) is 20.9. The fourth-order valence-electron chi connectivity index (χ4n) is 5.49. The lowest BCUT2D eigenvalue weighted by Gasteiger charge is -2.47. The van der Waals surface area contributed by atoms with Crippen LogP contribution in [0.2, 0.25) is 0 Å². The number of benzene rings is 2. The van der Waals surface area contributed by atoms with Crippen LogP contribution in [0.4, 0.5) is 0 Å². The molecule has 1 N–H and O–H groups in total. The lowest BCUT2D eigenvalue weighted by molar-refractivity contribution is -0.159. The second-order valence-electron chi connectivity index (χ2n) is 8.75. The largest absolute Gasteiger partial charge is 0.376 e. The van der Waals surface area contributed by atoms with Crippen LogP contribution in [0, 0.1) is 0 Å². The van der Waals surface area contributed by atoms with Gasteiger partial charge >= 0.3 is 0 Å². The molecule has 0 spiro atoms. The Morgan fingerprint density at radius 3 is 2.65 bits per heavy atom. The van der Waals surface area contributed by atoms with E-state index >= 15 is 0 Å². The fraction of sp³-hybridized carbons (Fsp3) is 0.360. The molecule has 0 aliphatic carbocycles. The zero-order valence-corrected chi connectivity index (χ0v) is 17.3. The second kappa shape index (κ2) is 7.24. The lowest BCUT2D eigenvalue weighted by atomic mass is 9.86. The number of amides is 2. The zero-order valence-electron chi connectivity index (χ0n) is 17.3. The summed E-state index contributed by atoms with van der Waals surface area (Å²) in [6.07, 6.45) is 2.55. The van der Waals surface area contributed by atoms with Gasteiger partial charge in [0.2, 0.25) is 11.8 Å². The molecule has 6 nitrogen and oxygen atoms in total. The smallest absolute Gasteiger partial charge is 0.246 e. The molecule has 2 aromatic carbocycles. The molecule has 1 aromatic heterocycles. The number of hydrogen-bond acceptors (Lipinski definition) is 3. The number of para-hydroxylation sites is 1. The second-order valence-corrected chi connectivity index (χ2v) is 8.75. The molecule has 0 radical (unpaired) electrons. The van der Waals surface area contributed by atoms with Gasteiger partial charge in [0.15, 0.2) is 0 Å². The number of piperazine rings is 1. The van der Waals surface area contributed by atoms with Crippen molar-refractivity contribution in [1.29, 1.82) is 0 Å². The van der Waals surface area contributed by atoms with E-state index in [1.54, 1.807) is 4.90 Å². The minimum atomic E-state index is -0.487. The predicted octanol–water partition coefficient (Wildman–Crippen LogP) is 3.03. The Morgan fingerprint density at radius 1 is 1.03 bits per heavy atom. The van der Waals surface area contributed by atoms with Crippen LogP contribution in [-0.4, -0.2) is 58.4 Å². The van der Waals surface area contributed by atoms with Crippen molar-refractivity contribution < 1.29 is 14.3 Å². The first-order valence-corrected chi connectivity index (χ1v) is 11.1. The number of ether oxygens (including phenoxy) is 1. The average Bonchev–Trinajstić information content (AvgIpc) is 3.44. The van der Waals surface area contributed by atoms with E-state index in [9.17, 15) is 9.59 Å². The Hall–Kier alpha value is -3.12. The molecule has 2 fully saturated rings. The number of nitrogens with one attached hydrogen (secondary N) is 1. The number of rotatable bonds is 3. The highest BCUT2D eigenvalue weighted by Gasteiger charge is 2.48. The Labute approximate surface area is 180 Å². The van der Waals surface area contributed by atoms with Gasteiger partial charge in [-0.25, -0.2) is 0 Å². The molecule has 0 unspecified atom stereocenters. The number of nitrogens with zero attached hydrogens (tertiary/aromatic N) is 2. The first-order chi connectivity index (χ1) is 15.2. The van der Waals surface area contributed by atoms with Crippen molar-refractivity contribution in [2.24, 2.45) is 0 Å². The van der Waals surface area contributed by atoms with Gasteiger partial charge in [-0.2, -0.15) is 0 Å². The first-order valence-electron chi connectivity index (χ1n) is 11.1. The summed E-state index contributed by atoms with van der Waals surface area (Å²) in [4.78, 5) is 34.2. The summed E-state index contributed by atoms with van der Waals surface area (Å²) in [5, 5.41) is 1.13. The Kier molecular flexibility index (Phi) is 4.35. The molecular formula is C25H25N3O3. The molecule has 0 bridgehead atoms. The van der Waals surface area contributed by atoms with Crippen molar-refractivity contribution in [3.8, 4) is 0 Å². The molecule has 6 rings (SSSR count). The van der Waals surface area contributed by atoms with Gasteiger partial charge in [0.1, 0.15) is 6.04 Å². The minimum absolute atomic E-state index is 0.000700. The van der Waals surface area contributed by atoms with Gasteiger partial charge in [0.25, 0.3) is 0 Å². The Bertz CT molecular complexity index is 1150. The Morgan fingerprint density at radius 2 is 1.84 bits per heavy atom. The summed E-state index contributed by atoms with van der Waals surface area (Å²) in [7, 11) is 0. The summed E-state index contributed by atoms with van der Waals surface area (Å²) in [5.41, 5.74) is 4.24. The first kappa shape index (κ1) is 18.6. The number of aromatic amines is 1. The molecule has 31 heavy (non-hydrogen) atoms. The maximum atomic E-state index is 13.6. The third-order valence-corrected chi connectivity index (χ3v) is 6.91. The van der Waals surface area contributed by atoms with E-state index in [2.05, 4.69) is 17.1 Å². The van der Waals surface area contributed by atoms with Crippen LogP contribution in [0.3, 0.4) is 0 Å². The Balaban J connectivity index is 1.45.